The van der Waals surface area contributed by atoms with Crippen molar-refractivity contribution >= 4 is 44.9 Å². The zero-order chi connectivity index (χ0) is 24.2. The van der Waals surface area contributed by atoms with E-state index in [4.69, 9.17) is 0 Å². The molecule has 1 N–H and O–H groups in total. The number of nitro groups is 1. The van der Waals surface area contributed by atoms with Crippen molar-refractivity contribution in [1.29, 1.82) is 0 Å². The molecule has 3 heterocycles. The number of aromatic nitrogens is 3. The first-order valence-corrected chi connectivity index (χ1v) is 9.74. The van der Waals surface area contributed by atoms with Gasteiger partial charge in [0.25, 0.3) is 11.2 Å². The summed E-state index contributed by atoms with van der Waals surface area (Å²) in [5, 5.41) is 13.7. The van der Waals surface area contributed by atoms with Crippen molar-refractivity contribution in [2.24, 2.45) is 0 Å². The molecule has 0 aliphatic heterocycles. The normalized spacial score (nSPS) is 11.9. The maximum absolute atomic E-state index is 13.5. The van der Waals surface area contributed by atoms with Crippen LogP contribution in [0.25, 0.3) is 33.3 Å². The van der Waals surface area contributed by atoms with E-state index in [2.05, 4.69) is 4.98 Å². The minimum absolute atomic E-state index is 0.162. The van der Waals surface area contributed by atoms with E-state index in [0.717, 1.165) is 0 Å². The Morgan fingerprint density at radius 1 is 1.00 bits per heavy atom. The summed E-state index contributed by atoms with van der Waals surface area (Å²) < 4.78 is 40.8. The number of alkyl halides is 3. The lowest BCUT2D eigenvalue weighted by atomic mass is 10.1. The number of benzene rings is 2. The van der Waals surface area contributed by atoms with E-state index >= 15 is 0 Å². The maximum Gasteiger partial charge on any atom is 0.471 e. The van der Waals surface area contributed by atoms with E-state index in [0.29, 0.717) is 21.9 Å². The number of amides is 1. The maximum atomic E-state index is 13.5. The first-order valence-electron chi connectivity index (χ1n) is 9.74. The summed E-state index contributed by atoms with van der Waals surface area (Å²) in [7, 11) is 0. The molecule has 5 rings (SSSR count). The summed E-state index contributed by atoms with van der Waals surface area (Å²) in [5.74, 6) is -2.14. The molecule has 0 fully saturated rings. The smallest absolute Gasteiger partial charge is 0.317 e. The third-order valence-corrected chi connectivity index (χ3v) is 5.25. The third-order valence-electron chi connectivity index (χ3n) is 5.25. The highest BCUT2D eigenvalue weighted by atomic mass is 19.4. The van der Waals surface area contributed by atoms with Crippen molar-refractivity contribution in [3.63, 3.8) is 0 Å². The Hall–Kier alpha value is -4.74. The van der Waals surface area contributed by atoms with Gasteiger partial charge in [0.15, 0.2) is 5.65 Å². The fourth-order valence-corrected chi connectivity index (χ4v) is 3.76. The van der Waals surface area contributed by atoms with E-state index in [1.54, 1.807) is 29.6 Å². The topological polar surface area (TPSA) is 112 Å². The van der Waals surface area contributed by atoms with E-state index in [9.17, 15) is 32.9 Å². The number of carbonyl (C=O) groups excluding carboxylic acids is 1. The summed E-state index contributed by atoms with van der Waals surface area (Å²) in [6.45, 7) is 0. The molecule has 0 spiro atoms. The molecule has 5 aromatic rings. The van der Waals surface area contributed by atoms with E-state index in [1.165, 1.54) is 51.6 Å². The fraction of sp³-hybridized carbons (Fsp3) is 0.0455. The highest BCUT2D eigenvalue weighted by Gasteiger charge is 2.38. The molecular weight excluding hydrogens is 455 g/mol. The second-order valence-corrected chi connectivity index (χ2v) is 7.34. The van der Waals surface area contributed by atoms with Crippen LogP contribution >= 0.6 is 0 Å². The molecule has 0 bridgehead atoms. The van der Waals surface area contributed by atoms with Crippen molar-refractivity contribution in [1.82, 2.24) is 14.0 Å². The Balaban J connectivity index is 1.84. The molecule has 1 amide bonds. The van der Waals surface area contributed by atoms with Gasteiger partial charge in [-0.2, -0.15) is 13.2 Å². The van der Waals surface area contributed by atoms with Crippen LogP contribution < -0.4 is 10.9 Å². The molecule has 0 radical (unpaired) electrons. The number of hydrogen-bond donors (Lipinski definition) is 1. The summed E-state index contributed by atoms with van der Waals surface area (Å²) >= 11 is 0. The second kappa shape index (κ2) is 7.40. The molecule has 2 aromatic carbocycles. The zero-order valence-electron chi connectivity index (χ0n) is 16.9. The van der Waals surface area contributed by atoms with Crippen molar-refractivity contribution in [2.75, 3.05) is 5.32 Å². The minimum Gasteiger partial charge on any atom is -0.317 e. The van der Waals surface area contributed by atoms with Gasteiger partial charge in [-0.05, 0) is 30.3 Å². The minimum atomic E-state index is -5.08. The number of fused-ring (bicyclic) bond motifs is 5. The third kappa shape index (κ3) is 3.32. The molecule has 0 aliphatic rings. The zero-order valence-corrected chi connectivity index (χ0v) is 16.9. The number of anilines is 1. The molecule has 0 saturated carbocycles. The average molecular weight is 467 g/mol. The summed E-state index contributed by atoms with van der Waals surface area (Å²) in [6.07, 6.45) is -3.85. The Kier molecular flexibility index (Phi) is 4.60. The van der Waals surface area contributed by atoms with Crippen LogP contribution in [-0.4, -0.2) is 31.0 Å². The standard InChI is InChI=1S/C22H12F3N5O4/c23-22(24,25)21(32)26-12-5-10-17-27-18-15-3-1-2-4-16(15)20(31)29(19(18)28(17)11-12)13-6-8-14(9-7-13)30(33)34/h1-11H,(H,26,32). The first-order chi connectivity index (χ1) is 16.1. The second-order valence-electron chi connectivity index (χ2n) is 7.34. The van der Waals surface area contributed by atoms with Gasteiger partial charge < -0.3 is 5.32 Å². The summed E-state index contributed by atoms with van der Waals surface area (Å²) in [6, 6.07) is 14.6. The number of nitro benzene ring substituents is 1. The van der Waals surface area contributed by atoms with Crippen LogP contribution in [0.3, 0.4) is 0 Å². The lowest BCUT2D eigenvalue weighted by molar-refractivity contribution is -0.384. The SMILES string of the molecule is O=C(Nc1ccc2nc3c4ccccc4c(=O)n(-c4ccc([N+](=O)[O-])cc4)c3n2c1)C(F)(F)F. The first kappa shape index (κ1) is 21.1. The van der Waals surface area contributed by atoms with Crippen LogP contribution in [-0.2, 0) is 4.79 Å². The quantitative estimate of drug-likeness (QED) is 0.316. The largest absolute Gasteiger partial charge is 0.471 e. The lowest BCUT2D eigenvalue weighted by Gasteiger charge is -2.12. The van der Waals surface area contributed by atoms with Gasteiger partial charge in [-0.25, -0.2) is 4.98 Å². The summed E-state index contributed by atoms with van der Waals surface area (Å²) in [5.41, 5.74) is 0.408. The van der Waals surface area contributed by atoms with Gasteiger partial charge in [-0.15, -0.1) is 0 Å². The molecule has 34 heavy (non-hydrogen) atoms. The van der Waals surface area contributed by atoms with Crippen molar-refractivity contribution in [2.45, 2.75) is 6.18 Å². The van der Waals surface area contributed by atoms with E-state index in [1.807, 2.05) is 0 Å². The van der Waals surface area contributed by atoms with Crippen LogP contribution in [0.1, 0.15) is 0 Å². The molecule has 170 valence electrons. The van der Waals surface area contributed by atoms with Gasteiger partial charge in [0.05, 0.1) is 16.3 Å². The van der Waals surface area contributed by atoms with Gasteiger partial charge in [0.1, 0.15) is 11.2 Å². The highest BCUT2D eigenvalue weighted by molar-refractivity contribution is 6.04. The molecule has 0 aliphatic carbocycles. The number of nitrogens with one attached hydrogen (secondary N) is 1. The Morgan fingerprint density at radius 2 is 1.68 bits per heavy atom. The fourth-order valence-electron chi connectivity index (χ4n) is 3.76. The predicted octanol–water partition coefficient (Wildman–Crippen LogP) is 4.20. The molecule has 3 aromatic heterocycles. The molecule has 12 heteroatoms. The van der Waals surface area contributed by atoms with Gasteiger partial charge in [-0.1, -0.05) is 18.2 Å². The van der Waals surface area contributed by atoms with E-state index < -0.39 is 22.6 Å². The van der Waals surface area contributed by atoms with Crippen LogP contribution in [0.4, 0.5) is 24.5 Å². The highest BCUT2D eigenvalue weighted by Crippen LogP contribution is 2.28. The predicted molar refractivity (Wildman–Crippen MR) is 117 cm³/mol. The van der Waals surface area contributed by atoms with Crippen molar-refractivity contribution in [3.8, 4) is 5.69 Å². The number of imidazole rings is 1. The van der Waals surface area contributed by atoms with Gasteiger partial charge >= 0.3 is 12.1 Å². The number of non-ortho nitro benzene ring substituents is 1. The van der Waals surface area contributed by atoms with Crippen molar-refractivity contribution in [3.05, 3.63) is 87.3 Å². The summed E-state index contributed by atoms with van der Waals surface area (Å²) in [4.78, 5) is 39.9. The van der Waals surface area contributed by atoms with Crippen LogP contribution in [0.15, 0.2) is 71.7 Å². The monoisotopic (exact) mass is 467 g/mol. The van der Waals surface area contributed by atoms with Gasteiger partial charge in [0.2, 0.25) is 0 Å². The van der Waals surface area contributed by atoms with Gasteiger partial charge in [0, 0.05) is 29.1 Å². The van der Waals surface area contributed by atoms with Crippen LogP contribution in [0, 0.1) is 10.1 Å². The molecule has 0 unspecified atom stereocenters. The molecule has 0 atom stereocenters. The number of halogens is 3. The number of nitrogens with zero attached hydrogens (tertiary/aromatic N) is 4. The Morgan fingerprint density at radius 3 is 2.32 bits per heavy atom. The van der Waals surface area contributed by atoms with Crippen LogP contribution in [0.2, 0.25) is 0 Å². The van der Waals surface area contributed by atoms with E-state index in [-0.39, 0.29) is 22.7 Å². The number of rotatable bonds is 3. The number of pyridine rings is 2. The molecule has 9 nitrogen and oxygen atoms in total. The van der Waals surface area contributed by atoms with Crippen molar-refractivity contribution < 1.29 is 22.9 Å². The molecular formula is C22H12F3N5O4. The average Bonchev–Trinajstić information content (AvgIpc) is 3.18. The van der Waals surface area contributed by atoms with Gasteiger partial charge in [-0.3, -0.25) is 28.7 Å². The molecule has 0 saturated heterocycles. The number of hydrogen-bond acceptors (Lipinski definition) is 5. The van der Waals surface area contributed by atoms with Crippen LogP contribution in [0.5, 0.6) is 0 Å². The lowest BCUT2D eigenvalue weighted by Crippen LogP contribution is -2.30. The Bertz CT molecular complexity index is 1690. The number of carbonyl (C=O) groups is 1. The Labute approximate surface area is 186 Å².